The van der Waals surface area contributed by atoms with Gasteiger partial charge in [0.05, 0.1) is 12.8 Å². The van der Waals surface area contributed by atoms with Crippen LogP contribution in [0.3, 0.4) is 0 Å². The summed E-state index contributed by atoms with van der Waals surface area (Å²) in [5, 5.41) is 2.70. The van der Waals surface area contributed by atoms with E-state index >= 15 is 0 Å². The molecule has 2 heterocycles. The molecule has 0 saturated carbocycles. The van der Waals surface area contributed by atoms with Gasteiger partial charge in [-0.25, -0.2) is 4.98 Å². The van der Waals surface area contributed by atoms with Crippen LogP contribution in [0.5, 0.6) is 5.88 Å². The standard InChI is InChI=1S/C12H12ClN5O2/c1-20-10-5-9(13)16-12(17-10)18-11(19)7-2-3-15-8(4-7)6-14/h2-5H,6,14H2,1H3,(H,16,17,18,19). The molecule has 2 aromatic heterocycles. The first-order valence-electron chi connectivity index (χ1n) is 5.67. The highest BCUT2D eigenvalue weighted by Gasteiger charge is 2.10. The summed E-state index contributed by atoms with van der Waals surface area (Å²) in [5.74, 6) is -0.0606. The molecule has 3 N–H and O–H groups in total. The number of hydrogen-bond acceptors (Lipinski definition) is 6. The SMILES string of the molecule is COc1cc(Cl)nc(NC(=O)c2ccnc(CN)c2)n1. The van der Waals surface area contributed by atoms with Crippen molar-refractivity contribution >= 4 is 23.5 Å². The fraction of sp³-hybridized carbons (Fsp3) is 0.167. The third-order valence-corrected chi connectivity index (χ3v) is 2.59. The zero-order valence-electron chi connectivity index (χ0n) is 10.6. The van der Waals surface area contributed by atoms with Gasteiger partial charge in [-0.1, -0.05) is 11.6 Å². The monoisotopic (exact) mass is 293 g/mol. The Labute approximate surface area is 120 Å². The van der Waals surface area contributed by atoms with Gasteiger partial charge in [-0.3, -0.25) is 15.1 Å². The Morgan fingerprint density at radius 3 is 2.95 bits per heavy atom. The second-order valence-corrected chi connectivity index (χ2v) is 4.14. The smallest absolute Gasteiger partial charge is 0.258 e. The number of hydrogen-bond donors (Lipinski definition) is 2. The highest BCUT2D eigenvalue weighted by molar-refractivity contribution is 6.29. The summed E-state index contributed by atoms with van der Waals surface area (Å²) in [7, 11) is 1.45. The molecular weight excluding hydrogens is 282 g/mol. The van der Waals surface area contributed by atoms with Crippen LogP contribution in [0.4, 0.5) is 5.95 Å². The Morgan fingerprint density at radius 1 is 1.45 bits per heavy atom. The maximum atomic E-state index is 12.0. The molecule has 7 nitrogen and oxygen atoms in total. The molecule has 0 unspecified atom stereocenters. The molecule has 104 valence electrons. The molecule has 0 atom stereocenters. The maximum Gasteiger partial charge on any atom is 0.258 e. The van der Waals surface area contributed by atoms with Crippen molar-refractivity contribution in [3.05, 3.63) is 40.8 Å². The fourth-order valence-electron chi connectivity index (χ4n) is 1.46. The van der Waals surface area contributed by atoms with Gasteiger partial charge in [0.1, 0.15) is 5.15 Å². The predicted octanol–water partition coefficient (Wildman–Crippen LogP) is 1.24. The number of nitrogens with one attached hydrogen (secondary N) is 1. The predicted molar refractivity (Wildman–Crippen MR) is 73.7 cm³/mol. The number of nitrogens with two attached hydrogens (primary N) is 1. The Morgan fingerprint density at radius 2 is 2.25 bits per heavy atom. The molecule has 0 aliphatic heterocycles. The summed E-state index contributed by atoms with van der Waals surface area (Å²) >= 11 is 5.80. The van der Waals surface area contributed by atoms with Crippen molar-refractivity contribution in [3.63, 3.8) is 0 Å². The molecule has 8 heteroatoms. The summed E-state index contributed by atoms with van der Waals surface area (Å²) in [6.45, 7) is 0.253. The molecule has 2 aromatic rings. The van der Waals surface area contributed by atoms with Crippen molar-refractivity contribution < 1.29 is 9.53 Å². The number of aromatic nitrogens is 3. The number of pyridine rings is 1. The van der Waals surface area contributed by atoms with Gasteiger partial charge >= 0.3 is 0 Å². The van der Waals surface area contributed by atoms with Gasteiger partial charge in [0.25, 0.3) is 5.91 Å². The van der Waals surface area contributed by atoms with Crippen molar-refractivity contribution in [2.75, 3.05) is 12.4 Å². The minimum atomic E-state index is -0.383. The van der Waals surface area contributed by atoms with Crippen LogP contribution in [-0.2, 0) is 6.54 Å². The number of halogens is 1. The Balaban J connectivity index is 2.20. The number of carbonyl (C=O) groups excluding carboxylic acids is 1. The maximum absolute atomic E-state index is 12.0. The van der Waals surface area contributed by atoms with E-state index in [9.17, 15) is 4.79 Å². The number of methoxy groups -OCH3 is 1. The average Bonchev–Trinajstić information content (AvgIpc) is 2.46. The Hall–Kier alpha value is -2.25. The molecule has 0 bridgehead atoms. The van der Waals surface area contributed by atoms with E-state index in [0.29, 0.717) is 11.3 Å². The molecule has 2 rings (SSSR count). The fourth-order valence-corrected chi connectivity index (χ4v) is 1.64. The zero-order chi connectivity index (χ0) is 14.5. The highest BCUT2D eigenvalue weighted by atomic mass is 35.5. The summed E-state index contributed by atoms with van der Waals surface area (Å²) in [6.07, 6.45) is 1.51. The summed E-state index contributed by atoms with van der Waals surface area (Å²) in [5.41, 5.74) is 6.50. The largest absolute Gasteiger partial charge is 0.481 e. The van der Waals surface area contributed by atoms with E-state index in [1.165, 1.54) is 19.4 Å². The van der Waals surface area contributed by atoms with Crippen LogP contribution in [0, 0.1) is 0 Å². The van der Waals surface area contributed by atoms with Gasteiger partial charge in [0.15, 0.2) is 0 Å². The molecule has 0 aromatic carbocycles. The van der Waals surface area contributed by atoms with Gasteiger partial charge in [0, 0.05) is 24.4 Å². The van der Waals surface area contributed by atoms with E-state index in [2.05, 4.69) is 20.3 Å². The number of rotatable bonds is 4. The third kappa shape index (κ3) is 3.40. The first-order chi connectivity index (χ1) is 9.62. The van der Waals surface area contributed by atoms with Crippen molar-refractivity contribution in [1.29, 1.82) is 0 Å². The first kappa shape index (κ1) is 14.2. The molecule has 0 aliphatic rings. The van der Waals surface area contributed by atoms with Gasteiger partial charge in [-0.2, -0.15) is 4.98 Å². The molecule has 0 fully saturated rings. The molecular formula is C12H12ClN5O2. The van der Waals surface area contributed by atoms with Crippen LogP contribution >= 0.6 is 11.6 Å². The van der Waals surface area contributed by atoms with E-state index in [-0.39, 0.29) is 29.4 Å². The minimum absolute atomic E-state index is 0.0606. The lowest BCUT2D eigenvalue weighted by Crippen LogP contribution is -2.15. The summed E-state index contributed by atoms with van der Waals surface area (Å²) in [6, 6.07) is 4.60. The van der Waals surface area contributed by atoms with Crippen molar-refractivity contribution in [3.8, 4) is 5.88 Å². The highest BCUT2D eigenvalue weighted by Crippen LogP contribution is 2.16. The topological polar surface area (TPSA) is 103 Å². The lowest BCUT2D eigenvalue weighted by molar-refractivity contribution is 0.102. The number of ether oxygens (including phenoxy) is 1. The molecule has 0 spiro atoms. The van der Waals surface area contributed by atoms with Crippen molar-refractivity contribution in [2.45, 2.75) is 6.54 Å². The van der Waals surface area contributed by atoms with E-state index in [1.807, 2.05) is 0 Å². The molecule has 0 saturated heterocycles. The normalized spacial score (nSPS) is 10.2. The molecule has 0 radical (unpaired) electrons. The Kier molecular flexibility index (Phi) is 4.44. The van der Waals surface area contributed by atoms with E-state index in [0.717, 1.165) is 0 Å². The van der Waals surface area contributed by atoms with Crippen LogP contribution in [0.1, 0.15) is 16.1 Å². The number of carbonyl (C=O) groups is 1. The van der Waals surface area contributed by atoms with Gasteiger partial charge in [-0.05, 0) is 12.1 Å². The number of anilines is 1. The molecule has 20 heavy (non-hydrogen) atoms. The van der Waals surface area contributed by atoms with E-state index < -0.39 is 0 Å². The summed E-state index contributed by atoms with van der Waals surface area (Å²) in [4.78, 5) is 23.9. The van der Waals surface area contributed by atoms with Crippen molar-refractivity contribution in [2.24, 2.45) is 5.73 Å². The third-order valence-electron chi connectivity index (χ3n) is 2.39. The van der Waals surface area contributed by atoms with Gasteiger partial charge in [0.2, 0.25) is 11.8 Å². The second-order valence-electron chi connectivity index (χ2n) is 3.75. The van der Waals surface area contributed by atoms with Crippen LogP contribution in [0.15, 0.2) is 24.4 Å². The summed E-state index contributed by atoms with van der Waals surface area (Å²) < 4.78 is 4.95. The van der Waals surface area contributed by atoms with Gasteiger partial charge in [-0.15, -0.1) is 0 Å². The van der Waals surface area contributed by atoms with Crippen molar-refractivity contribution in [1.82, 2.24) is 15.0 Å². The number of nitrogens with zero attached hydrogens (tertiary/aromatic N) is 3. The quantitative estimate of drug-likeness (QED) is 0.822. The van der Waals surface area contributed by atoms with Crippen LogP contribution in [0.25, 0.3) is 0 Å². The zero-order valence-corrected chi connectivity index (χ0v) is 11.4. The first-order valence-corrected chi connectivity index (χ1v) is 6.05. The van der Waals surface area contributed by atoms with E-state index in [4.69, 9.17) is 22.1 Å². The lowest BCUT2D eigenvalue weighted by atomic mass is 10.2. The Bertz CT molecular complexity index is 635. The van der Waals surface area contributed by atoms with Crippen LogP contribution < -0.4 is 15.8 Å². The minimum Gasteiger partial charge on any atom is -0.481 e. The second kappa shape index (κ2) is 6.27. The van der Waals surface area contributed by atoms with Crippen LogP contribution in [0.2, 0.25) is 5.15 Å². The average molecular weight is 294 g/mol. The van der Waals surface area contributed by atoms with Crippen LogP contribution in [-0.4, -0.2) is 28.0 Å². The molecule has 0 aliphatic carbocycles. The number of amides is 1. The van der Waals surface area contributed by atoms with Gasteiger partial charge < -0.3 is 10.5 Å². The molecule has 1 amide bonds. The lowest BCUT2D eigenvalue weighted by Gasteiger charge is -2.06. The van der Waals surface area contributed by atoms with E-state index in [1.54, 1.807) is 12.1 Å².